The van der Waals surface area contributed by atoms with Crippen LogP contribution in [0.1, 0.15) is 20.3 Å². The van der Waals surface area contributed by atoms with E-state index in [4.69, 9.17) is 0 Å². The highest BCUT2D eigenvalue weighted by Crippen LogP contribution is 2.31. The quantitative estimate of drug-likeness (QED) is 0.432. The molecule has 1 atom stereocenters. The number of aromatic nitrogens is 1. The lowest BCUT2D eigenvalue weighted by molar-refractivity contribution is -0.117. The fourth-order valence-corrected chi connectivity index (χ4v) is 5.54. The summed E-state index contributed by atoms with van der Waals surface area (Å²) in [5.74, 6) is -0.361. The van der Waals surface area contributed by atoms with E-state index in [1.54, 1.807) is 24.3 Å². The van der Waals surface area contributed by atoms with Crippen LogP contribution >= 0.6 is 0 Å². The molecule has 32 heavy (non-hydrogen) atoms. The largest absolute Gasteiger partial charge is 0.341 e. The predicted octanol–water partition coefficient (Wildman–Crippen LogP) is 5.00. The first-order valence-electron chi connectivity index (χ1n) is 10.7. The van der Waals surface area contributed by atoms with Crippen LogP contribution in [0.15, 0.2) is 72.8 Å². The van der Waals surface area contributed by atoms with Crippen LogP contribution in [0, 0.1) is 0 Å². The minimum Gasteiger partial charge on any atom is -0.341 e. The molecular weight excluding hydrogens is 422 g/mol. The molecule has 0 spiro atoms. The third kappa shape index (κ3) is 3.96. The van der Waals surface area contributed by atoms with E-state index in [9.17, 15) is 13.2 Å². The number of benzene rings is 3. The standard InChI is InChI=1S/C25H27N3O3S/c1-4-22(28(32(3,30)31)19-11-7-6-8-12-19)25(29)26-18-15-16-24-21(17-18)20-13-9-10-14-23(20)27(24)5-2/h6-17,22H,4-5H2,1-3H3,(H,26,29). The highest BCUT2D eigenvalue weighted by molar-refractivity contribution is 7.92. The highest BCUT2D eigenvalue weighted by Gasteiger charge is 2.31. The molecule has 0 bridgehead atoms. The van der Waals surface area contributed by atoms with Crippen molar-refractivity contribution in [1.29, 1.82) is 0 Å². The van der Waals surface area contributed by atoms with Crippen LogP contribution in [-0.2, 0) is 21.4 Å². The number of hydrogen-bond acceptors (Lipinski definition) is 3. The third-order valence-electron chi connectivity index (χ3n) is 5.70. The van der Waals surface area contributed by atoms with Crippen LogP contribution < -0.4 is 9.62 Å². The van der Waals surface area contributed by atoms with Crippen LogP contribution in [0.25, 0.3) is 21.8 Å². The zero-order valence-electron chi connectivity index (χ0n) is 18.4. The average Bonchev–Trinajstić information content (AvgIpc) is 3.10. The minimum atomic E-state index is -3.66. The van der Waals surface area contributed by atoms with Gasteiger partial charge in [-0.2, -0.15) is 0 Å². The molecule has 1 N–H and O–H groups in total. The number of nitrogens with one attached hydrogen (secondary N) is 1. The second-order valence-corrected chi connectivity index (χ2v) is 9.66. The number of anilines is 2. The molecule has 6 nitrogen and oxygen atoms in total. The molecule has 0 saturated heterocycles. The van der Waals surface area contributed by atoms with Gasteiger partial charge >= 0.3 is 0 Å². The molecule has 0 aliphatic rings. The van der Waals surface area contributed by atoms with Gasteiger partial charge in [-0.15, -0.1) is 0 Å². The monoisotopic (exact) mass is 449 g/mol. The second-order valence-electron chi connectivity index (χ2n) is 7.80. The fourth-order valence-electron chi connectivity index (χ4n) is 4.33. The molecular formula is C25H27N3O3S. The molecule has 7 heteroatoms. The summed E-state index contributed by atoms with van der Waals surface area (Å²) in [4.78, 5) is 13.2. The summed E-state index contributed by atoms with van der Waals surface area (Å²) >= 11 is 0. The Labute approximate surface area is 188 Å². The molecule has 1 unspecified atom stereocenters. The van der Waals surface area contributed by atoms with E-state index in [1.165, 1.54) is 4.31 Å². The van der Waals surface area contributed by atoms with Crippen molar-refractivity contribution in [3.05, 3.63) is 72.8 Å². The van der Waals surface area contributed by atoms with E-state index in [0.717, 1.165) is 34.6 Å². The van der Waals surface area contributed by atoms with E-state index in [2.05, 4.69) is 28.9 Å². The first kappa shape index (κ1) is 21.9. The third-order valence-corrected chi connectivity index (χ3v) is 6.88. The molecule has 0 fully saturated rings. The topological polar surface area (TPSA) is 71.4 Å². The van der Waals surface area contributed by atoms with Crippen molar-refractivity contribution in [1.82, 2.24) is 4.57 Å². The Balaban J connectivity index is 1.71. The van der Waals surface area contributed by atoms with Crippen LogP contribution in [0.2, 0.25) is 0 Å². The lowest BCUT2D eigenvalue weighted by Gasteiger charge is -2.30. The SMILES string of the molecule is CCC(C(=O)Nc1ccc2c(c1)c1ccccc1n2CC)N(c1ccccc1)S(C)(=O)=O. The summed E-state index contributed by atoms with van der Waals surface area (Å²) in [5, 5.41) is 5.12. The first-order chi connectivity index (χ1) is 15.3. The Hall–Kier alpha value is -3.32. The van der Waals surface area contributed by atoms with Crippen LogP contribution in [0.3, 0.4) is 0 Å². The van der Waals surface area contributed by atoms with Gasteiger partial charge in [0, 0.05) is 34.0 Å². The van der Waals surface area contributed by atoms with Crippen molar-refractivity contribution in [3.63, 3.8) is 0 Å². The first-order valence-corrected chi connectivity index (χ1v) is 12.6. The van der Waals surface area contributed by atoms with Crippen LogP contribution in [0.4, 0.5) is 11.4 Å². The highest BCUT2D eigenvalue weighted by atomic mass is 32.2. The van der Waals surface area contributed by atoms with Gasteiger partial charge in [0.25, 0.3) is 0 Å². The molecule has 0 radical (unpaired) electrons. The van der Waals surface area contributed by atoms with E-state index in [-0.39, 0.29) is 5.91 Å². The molecule has 4 rings (SSSR count). The van der Waals surface area contributed by atoms with Crippen molar-refractivity contribution in [3.8, 4) is 0 Å². The molecule has 1 heterocycles. The fraction of sp³-hybridized carbons (Fsp3) is 0.240. The number of rotatable bonds is 7. The average molecular weight is 450 g/mol. The van der Waals surface area contributed by atoms with Crippen molar-refractivity contribution in [2.24, 2.45) is 0 Å². The van der Waals surface area contributed by atoms with Crippen molar-refractivity contribution < 1.29 is 13.2 Å². The van der Waals surface area contributed by atoms with Crippen molar-refractivity contribution in [2.75, 3.05) is 15.9 Å². The minimum absolute atomic E-state index is 0.338. The van der Waals surface area contributed by atoms with E-state index < -0.39 is 16.1 Å². The van der Waals surface area contributed by atoms with Gasteiger partial charge in [-0.3, -0.25) is 9.10 Å². The van der Waals surface area contributed by atoms with Crippen LogP contribution in [0.5, 0.6) is 0 Å². The number of amides is 1. The normalized spacial score (nSPS) is 12.7. The summed E-state index contributed by atoms with van der Waals surface area (Å²) in [7, 11) is -3.66. The smallest absolute Gasteiger partial charge is 0.248 e. The van der Waals surface area contributed by atoms with Gasteiger partial charge in [0.1, 0.15) is 6.04 Å². The number of hydrogen-bond donors (Lipinski definition) is 1. The Bertz CT molecular complexity index is 1380. The predicted molar refractivity (Wildman–Crippen MR) is 132 cm³/mol. The second kappa shape index (κ2) is 8.67. The molecule has 0 aliphatic carbocycles. The lowest BCUT2D eigenvalue weighted by Crippen LogP contribution is -2.46. The lowest BCUT2D eigenvalue weighted by atomic mass is 10.1. The van der Waals surface area contributed by atoms with Crippen LogP contribution in [-0.4, -0.2) is 31.2 Å². The van der Waals surface area contributed by atoms with E-state index >= 15 is 0 Å². The summed E-state index contributed by atoms with van der Waals surface area (Å²) in [5.41, 5.74) is 3.35. The molecule has 1 amide bonds. The molecule has 3 aromatic carbocycles. The number of aryl methyl sites for hydroxylation is 1. The zero-order valence-corrected chi connectivity index (χ0v) is 19.3. The van der Waals surface area contributed by atoms with Gasteiger partial charge in [0.15, 0.2) is 0 Å². The summed E-state index contributed by atoms with van der Waals surface area (Å²) < 4.78 is 28.6. The Kier molecular flexibility index (Phi) is 5.93. The number of carbonyl (C=O) groups excluding carboxylic acids is 1. The van der Waals surface area contributed by atoms with Gasteiger partial charge in [0.2, 0.25) is 15.9 Å². The molecule has 166 valence electrons. The summed E-state index contributed by atoms with van der Waals surface area (Å²) in [6.07, 6.45) is 1.47. The molecule has 0 aliphatic heterocycles. The van der Waals surface area contributed by atoms with Gasteiger partial charge in [-0.25, -0.2) is 8.42 Å². The summed E-state index contributed by atoms with van der Waals surface area (Å²) in [6.45, 7) is 4.76. The Morgan fingerprint density at radius 3 is 2.25 bits per heavy atom. The number of carbonyl (C=O) groups is 1. The number of para-hydroxylation sites is 2. The maximum Gasteiger partial charge on any atom is 0.248 e. The maximum atomic E-state index is 13.2. The van der Waals surface area contributed by atoms with Crippen molar-refractivity contribution in [2.45, 2.75) is 32.9 Å². The molecule has 1 aromatic heterocycles. The Morgan fingerprint density at radius 1 is 0.938 bits per heavy atom. The van der Waals surface area contributed by atoms with E-state index in [0.29, 0.717) is 17.8 Å². The van der Waals surface area contributed by atoms with Gasteiger partial charge < -0.3 is 9.88 Å². The molecule has 4 aromatic rings. The number of fused-ring (bicyclic) bond motifs is 3. The van der Waals surface area contributed by atoms with Gasteiger partial charge in [0.05, 0.1) is 11.9 Å². The van der Waals surface area contributed by atoms with Crippen molar-refractivity contribution >= 4 is 49.1 Å². The number of sulfonamides is 1. The molecule has 0 saturated carbocycles. The maximum absolute atomic E-state index is 13.2. The van der Waals surface area contributed by atoms with Gasteiger partial charge in [-0.05, 0) is 49.7 Å². The Morgan fingerprint density at radius 2 is 1.59 bits per heavy atom. The number of nitrogens with zero attached hydrogens (tertiary/aromatic N) is 2. The van der Waals surface area contributed by atoms with Gasteiger partial charge in [-0.1, -0.05) is 43.3 Å². The summed E-state index contributed by atoms with van der Waals surface area (Å²) in [6, 6.07) is 21.9. The zero-order chi connectivity index (χ0) is 22.9. The van der Waals surface area contributed by atoms with E-state index in [1.807, 2.05) is 43.3 Å².